The van der Waals surface area contributed by atoms with Crippen molar-refractivity contribution < 1.29 is 18.7 Å². The van der Waals surface area contributed by atoms with Crippen LogP contribution in [0.2, 0.25) is 0 Å². The Bertz CT molecular complexity index is 934. The van der Waals surface area contributed by atoms with Crippen molar-refractivity contribution in [1.29, 1.82) is 0 Å². The molecule has 184 valence electrons. The van der Waals surface area contributed by atoms with Crippen molar-refractivity contribution in [2.24, 2.45) is 0 Å². The number of benzene rings is 1. The third-order valence-corrected chi connectivity index (χ3v) is 6.53. The molecular formula is C25H34FN5O3. The van der Waals surface area contributed by atoms with E-state index in [1.807, 2.05) is 6.08 Å². The zero-order valence-electron chi connectivity index (χ0n) is 19.6. The SMILES string of the molecule is C=CCCC(O)CN1CCN(Cc2nc(C(=O)N3CCN(c4ccc(F)cc4)CC3)co2)CC1. The van der Waals surface area contributed by atoms with Gasteiger partial charge in [0, 0.05) is 64.6 Å². The second-order valence-electron chi connectivity index (χ2n) is 8.98. The highest BCUT2D eigenvalue weighted by Gasteiger charge is 2.26. The van der Waals surface area contributed by atoms with Gasteiger partial charge in [0.2, 0.25) is 5.89 Å². The van der Waals surface area contributed by atoms with Gasteiger partial charge in [0.25, 0.3) is 5.91 Å². The third-order valence-electron chi connectivity index (χ3n) is 6.53. The standard InChI is InChI=1S/C25H34FN5O3/c1-2-3-4-22(32)17-28-9-11-29(12-10-28)18-24-27-23(19-34-24)25(33)31-15-13-30(14-16-31)21-7-5-20(26)6-8-21/h2,5-8,19,22,32H,1,3-4,9-18H2. The number of nitrogens with zero attached hydrogens (tertiary/aromatic N) is 5. The van der Waals surface area contributed by atoms with Crippen LogP contribution in [-0.4, -0.2) is 95.7 Å². The largest absolute Gasteiger partial charge is 0.447 e. The summed E-state index contributed by atoms with van der Waals surface area (Å²) in [4.78, 5) is 25.8. The van der Waals surface area contributed by atoms with Gasteiger partial charge in [0.1, 0.15) is 12.1 Å². The van der Waals surface area contributed by atoms with Gasteiger partial charge in [-0.2, -0.15) is 0 Å². The Morgan fingerprint density at radius 3 is 2.44 bits per heavy atom. The van der Waals surface area contributed by atoms with Crippen LogP contribution in [0, 0.1) is 5.82 Å². The number of hydrogen-bond acceptors (Lipinski definition) is 7. The van der Waals surface area contributed by atoms with Gasteiger partial charge in [0.15, 0.2) is 5.69 Å². The number of aromatic nitrogens is 1. The molecule has 34 heavy (non-hydrogen) atoms. The topological polar surface area (TPSA) is 76.3 Å². The van der Waals surface area contributed by atoms with Crippen LogP contribution in [0.25, 0.3) is 0 Å². The van der Waals surface area contributed by atoms with Crippen LogP contribution in [0.3, 0.4) is 0 Å². The van der Waals surface area contributed by atoms with E-state index in [0.29, 0.717) is 50.9 Å². The summed E-state index contributed by atoms with van der Waals surface area (Å²) in [7, 11) is 0. The van der Waals surface area contributed by atoms with E-state index in [0.717, 1.165) is 44.7 Å². The van der Waals surface area contributed by atoms with Crippen LogP contribution in [0.4, 0.5) is 10.1 Å². The lowest BCUT2D eigenvalue weighted by atomic mass is 10.1. The lowest BCUT2D eigenvalue weighted by molar-refractivity contribution is 0.0642. The van der Waals surface area contributed by atoms with Gasteiger partial charge in [0.05, 0.1) is 12.6 Å². The summed E-state index contributed by atoms with van der Waals surface area (Å²) in [5.41, 5.74) is 1.30. The highest BCUT2D eigenvalue weighted by atomic mass is 19.1. The van der Waals surface area contributed by atoms with E-state index in [-0.39, 0.29) is 17.8 Å². The molecule has 2 saturated heterocycles. The van der Waals surface area contributed by atoms with Crippen LogP contribution in [-0.2, 0) is 6.54 Å². The number of aliphatic hydroxyl groups is 1. The van der Waals surface area contributed by atoms with Crippen molar-refractivity contribution in [3.05, 3.63) is 60.6 Å². The number of amides is 1. The number of rotatable bonds is 9. The summed E-state index contributed by atoms with van der Waals surface area (Å²) in [6.45, 7) is 11.0. The molecule has 1 unspecified atom stereocenters. The highest BCUT2D eigenvalue weighted by Crippen LogP contribution is 2.18. The van der Waals surface area contributed by atoms with E-state index in [9.17, 15) is 14.3 Å². The molecule has 2 aliphatic rings. The molecule has 1 N–H and O–H groups in total. The number of hydrogen-bond donors (Lipinski definition) is 1. The first kappa shape index (κ1) is 24.4. The van der Waals surface area contributed by atoms with Crippen LogP contribution in [0.15, 0.2) is 47.6 Å². The van der Waals surface area contributed by atoms with E-state index < -0.39 is 0 Å². The van der Waals surface area contributed by atoms with Crippen molar-refractivity contribution >= 4 is 11.6 Å². The summed E-state index contributed by atoms with van der Waals surface area (Å²) in [5, 5.41) is 10.1. The lowest BCUT2D eigenvalue weighted by Gasteiger charge is -2.35. The maximum Gasteiger partial charge on any atom is 0.275 e. The van der Waals surface area contributed by atoms with Crippen LogP contribution in [0.5, 0.6) is 0 Å². The minimum absolute atomic E-state index is 0.118. The van der Waals surface area contributed by atoms with E-state index in [1.165, 1.54) is 18.4 Å². The zero-order valence-corrected chi connectivity index (χ0v) is 19.6. The fraction of sp³-hybridized carbons (Fsp3) is 0.520. The predicted octanol–water partition coefficient (Wildman–Crippen LogP) is 2.22. The average Bonchev–Trinajstić information content (AvgIpc) is 3.32. The molecule has 4 rings (SSSR count). The Hall–Kier alpha value is -2.75. The van der Waals surface area contributed by atoms with Gasteiger partial charge >= 0.3 is 0 Å². The molecule has 1 atom stereocenters. The number of anilines is 1. The number of carbonyl (C=O) groups is 1. The molecule has 0 aliphatic carbocycles. The molecule has 8 nitrogen and oxygen atoms in total. The van der Waals surface area contributed by atoms with Gasteiger partial charge in [-0.25, -0.2) is 9.37 Å². The van der Waals surface area contributed by atoms with Gasteiger partial charge in [-0.05, 0) is 37.1 Å². The quantitative estimate of drug-likeness (QED) is 0.562. The minimum Gasteiger partial charge on any atom is -0.447 e. The second-order valence-corrected chi connectivity index (χ2v) is 8.98. The molecule has 2 aromatic rings. The van der Waals surface area contributed by atoms with Gasteiger partial charge < -0.3 is 19.3 Å². The smallest absolute Gasteiger partial charge is 0.275 e. The number of carbonyl (C=O) groups excluding carboxylic acids is 1. The average molecular weight is 472 g/mol. The number of aliphatic hydroxyl groups excluding tert-OH is 1. The van der Waals surface area contributed by atoms with E-state index in [1.54, 1.807) is 17.0 Å². The molecule has 1 aromatic heterocycles. The number of allylic oxidation sites excluding steroid dienone is 1. The Kier molecular flexibility index (Phi) is 8.31. The monoisotopic (exact) mass is 471 g/mol. The minimum atomic E-state index is -0.317. The number of piperazine rings is 2. The van der Waals surface area contributed by atoms with E-state index in [4.69, 9.17) is 4.42 Å². The molecule has 0 saturated carbocycles. The van der Waals surface area contributed by atoms with Crippen molar-refractivity contribution in [3.8, 4) is 0 Å². The highest BCUT2D eigenvalue weighted by molar-refractivity contribution is 5.92. The normalized spacial score (nSPS) is 18.8. The summed E-state index contributed by atoms with van der Waals surface area (Å²) in [6.07, 6.45) is 4.55. The Morgan fingerprint density at radius 2 is 1.76 bits per heavy atom. The molecule has 2 aliphatic heterocycles. The van der Waals surface area contributed by atoms with E-state index >= 15 is 0 Å². The molecule has 0 spiro atoms. The van der Waals surface area contributed by atoms with Gasteiger partial charge in [-0.15, -0.1) is 6.58 Å². The third kappa shape index (κ3) is 6.43. The number of halogens is 1. The summed E-state index contributed by atoms with van der Waals surface area (Å²) < 4.78 is 18.8. The molecule has 0 bridgehead atoms. The van der Waals surface area contributed by atoms with Crippen molar-refractivity contribution in [2.75, 3.05) is 63.8 Å². The Balaban J connectivity index is 1.21. The fourth-order valence-electron chi connectivity index (χ4n) is 4.48. The van der Waals surface area contributed by atoms with Crippen molar-refractivity contribution in [2.45, 2.75) is 25.5 Å². The molecule has 2 fully saturated rings. The van der Waals surface area contributed by atoms with E-state index in [2.05, 4.69) is 26.3 Å². The first-order valence-corrected chi connectivity index (χ1v) is 12.0. The molecule has 0 radical (unpaired) electrons. The summed E-state index contributed by atoms with van der Waals surface area (Å²) >= 11 is 0. The first-order valence-electron chi connectivity index (χ1n) is 12.0. The molecule has 9 heteroatoms. The summed E-state index contributed by atoms with van der Waals surface area (Å²) in [6, 6.07) is 6.44. The van der Waals surface area contributed by atoms with Crippen LogP contribution in [0.1, 0.15) is 29.2 Å². The predicted molar refractivity (Wildman–Crippen MR) is 128 cm³/mol. The van der Waals surface area contributed by atoms with Crippen molar-refractivity contribution in [3.63, 3.8) is 0 Å². The lowest BCUT2D eigenvalue weighted by Crippen LogP contribution is -2.49. The van der Waals surface area contributed by atoms with Gasteiger partial charge in [-0.3, -0.25) is 14.6 Å². The molecule has 1 aromatic carbocycles. The number of oxazole rings is 1. The molecule has 3 heterocycles. The Morgan fingerprint density at radius 1 is 1.09 bits per heavy atom. The van der Waals surface area contributed by atoms with Crippen LogP contribution < -0.4 is 4.90 Å². The zero-order chi connectivity index (χ0) is 23.9. The fourth-order valence-corrected chi connectivity index (χ4v) is 4.48. The van der Waals surface area contributed by atoms with Crippen molar-refractivity contribution in [1.82, 2.24) is 19.7 Å². The Labute approximate surface area is 200 Å². The van der Waals surface area contributed by atoms with Crippen LogP contribution >= 0.6 is 0 Å². The molecular weight excluding hydrogens is 437 g/mol. The first-order chi connectivity index (χ1) is 16.5. The second kappa shape index (κ2) is 11.6. The number of β-amino-alcohol motifs (C(OH)–C–C–N with tert-alkyl or cyclic N) is 1. The summed E-state index contributed by atoms with van der Waals surface area (Å²) in [5.74, 6) is 0.180. The maximum atomic E-state index is 13.2. The van der Waals surface area contributed by atoms with Gasteiger partial charge in [-0.1, -0.05) is 6.08 Å². The maximum absolute atomic E-state index is 13.2. The molecule has 1 amide bonds.